The first-order valence-electron chi connectivity index (χ1n) is 6.90. The van der Waals surface area contributed by atoms with Crippen LogP contribution in [0.25, 0.3) is 0 Å². The fourth-order valence-electron chi connectivity index (χ4n) is 3.53. The van der Waals surface area contributed by atoms with Crippen molar-refractivity contribution in [3.8, 4) is 0 Å². The molecule has 2 aliphatic rings. The molecule has 2 fully saturated rings. The molecule has 0 bridgehead atoms. The van der Waals surface area contributed by atoms with Crippen molar-refractivity contribution in [3.05, 3.63) is 29.1 Å². The number of hydrogen-bond acceptors (Lipinski definition) is 3. The highest BCUT2D eigenvalue weighted by atomic mass is 32.2. The number of hydrogen-bond donors (Lipinski definition) is 1. The molecule has 0 amide bonds. The van der Waals surface area contributed by atoms with Gasteiger partial charge in [0.2, 0.25) is 10.0 Å². The molecule has 0 spiro atoms. The quantitative estimate of drug-likeness (QED) is 0.898. The molecule has 4 nitrogen and oxygen atoms in total. The summed E-state index contributed by atoms with van der Waals surface area (Å²) in [6.45, 7) is 5.48. The van der Waals surface area contributed by atoms with Crippen molar-refractivity contribution in [2.24, 2.45) is 5.92 Å². The largest absolute Gasteiger partial charge is 0.315 e. The van der Waals surface area contributed by atoms with Crippen molar-refractivity contribution in [1.29, 1.82) is 0 Å². The molecular formula is C14H19FN2O2S. The van der Waals surface area contributed by atoms with E-state index in [1.165, 1.54) is 12.1 Å². The van der Waals surface area contributed by atoms with Gasteiger partial charge in [-0.2, -0.15) is 4.31 Å². The number of benzene rings is 1. The molecule has 2 atom stereocenters. The molecule has 0 radical (unpaired) electrons. The maximum absolute atomic E-state index is 13.4. The van der Waals surface area contributed by atoms with E-state index >= 15 is 0 Å². The lowest BCUT2D eigenvalue weighted by Crippen LogP contribution is -2.39. The summed E-state index contributed by atoms with van der Waals surface area (Å²) in [6, 6.07) is 2.63. The number of sulfonamides is 1. The molecule has 20 heavy (non-hydrogen) atoms. The van der Waals surface area contributed by atoms with Crippen LogP contribution in [0.5, 0.6) is 0 Å². The predicted molar refractivity (Wildman–Crippen MR) is 74.5 cm³/mol. The minimum Gasteiger partial charge on any atom is -0.315 e. The summed E-state index contributed by atoms with van der Waals surface area (Å²) >= 11 is 0. The Balaban J connectivity index is 2.05. The Morgan fingerprint density at radius 3 is 2.55 bits per heavy atom. The number of fused-ring (bicyclic) bond motifs is 1. The summed E-state index contributed by atoms with van der Waals surface area (Å²) in [5.41, 5.74) is 0.966. The average Bonchev–Trinajstić information content (AvgIpc) is 2.86. The van der Waals surface area contributed by atoms with Gasteiger partial charge in [0.25, 0.3) is 0 Å². The first kappa shape index (κ1) is 14.0. The molecule has 0 aromatic heterocycles. The molecule has 0 aliphatic carbocycles. The van der Waals surface area contributed by atoms with Crippen LogP contribution in [0.1, 0.15) is 17.5 Å². The van der Waals surface area contributed by atoms with Crippen molar-refractivity contribution in [1.82, 2.24) is 9.62 Å². The van der Waals surface area contributed by atoms with E-state index in [-0.39, 0.29) is 16.8 Å². The highest BCUT2D eigenvalue weighted by Crippen LogP contribution is 2.34. The summed E-state index contributed by atoms with van der Waals surface area (Å²) in [5, 5.41) is 3.25. The van der Waals surface area contributed by atoms with Gasteiger partial charge < -0.3 is 5.32 Å². The van der Waals surface area contributed by atoms with Crippen LogP contribution in [-0.4, -0.2) is 38.4 Å². The summed E-state index contributed by atoms with van der Waals surface area (Å²) in [4.78, 5) is 0.270. The minimum atomic E-state index is -3.54. The van der Waals surface area contributed by atoms with E-state index < -0.39 is 10.0 Å². The van der Waals surface area contributed by atoms with Gasteiger partial charge in [-0.25, -0.2) is 12.8 Å². The standard InChI is InChI=1S/C14H19FN2O2S/c1-9-5-12(15)6-10(2)14(9)20(18,19)17-4-3-11-7-16-8-13(11)17/h5-6,11,13,16H,3-4,7-8H2,1-2H3/t11-,13+/m0/s1. The van der Waals surface area contributed by atoms with Crippen molar-refractivity contribution >= 4 is 10.0 Å². The monoisotopic (exact) mass is 298 g/mol. The van der Waals surface area contributed by atoms with Crippen LogP contribution in [0.3, 0.4) is 0 Å². The van der Waals surface area contributed by atoms with Gasteiger partial charge in [-0.3, -0.25) is 0 Å². The number of rotatable bonds is 2. The van der Waals surface area contributed by atoms with Crippen LogP contribution in [-0.2, 0) is 10.0 Å². The van der Waals surface area contributed by atoms with Crippen LogP contribution in [0, 0.1) is 25.6 Å². The van der Waals surface area contributed by atoms with Crippen LogP contribution in [0.15, 0.2) is 17.0 Å². The summed E-state index contributed by atoms with van der Waals surface area (Å²) in [7, 11) is -3.54. The molecule has 1 N–H and O–H groups in total. The highest BCUT2D eigenvalue weighted by Gasteiger charge is 2.44. The fourth-order valence-corrected chi connectivity index (χ4v) is 5.64. The third-order valence-electron chi connectivity index (χ3n) is 4.39. The van der Waals surface area contributed by atoms with Crippen LogP contribution in [0.2, 0.25) is 0 Å². The van der Waals surface area contributed by atoms with Crippen molar-refractivity contribution < 1.29 is 12.8 Å². The lowest BCUT2D eigenvalue weighted by Gasteiger charge is -2.24. The number of halogens is 1. The van der Waals surface area contributed by atoms with E-state index in [1.807, 2.05) is 0 Å². The number of nitrogens with zero attached hydrogens (tertiary/aromatic N) is 1. The molecule has 110 valence electrons. The topological polar surface area (TPSA) is 49.4 Å². The van der Waals surface area contributed by atoms with E-state index in [0.717, 1.165) is 13.0 Å². The minimum absolute atomic E-state index is 0.0452. The number of nitrogens with one attached hydrogen (secondary N) is 1. The smallest absolute Gasteiger partial charge is 0.243 e. The number of aryl methyl sites for hydroxylation is 2. The Morgan fingerprint density at radius 2 is 1.90 bits per heavy atom. The van der Waals surface area contributed by atoms with Gasteiger partial charge in [-0.15, -0.1) is 0 Å². The maximum Gasteiger partial charge on any atom is 0.243 e. The summed E-state index contributed by atoms with van der Waals surface area (Å²) < 4.78 is 40.8. The highest BCUT2D eigenvalue weighted by molar-refractivity contribution is 7.89. The van der Waals surface area contributed by atoms with E-state index in [9.17, 15) is 12.8 Å². The SMILES string of the molecule is Cc1cc(F)cc(C)c1S(=O)(=O)N1CC[C@H]2CNC[C@H]21. The first-order valence-corrected chi connectivity index (χ1v) is 8.34. The molecule has 2 heterocycles. The van der Waals surface area contributed by atoms with Gasteiger partial charge in [0.1, 0.15) is 5.82 Å². The zero-order valence-electron chi connectivity index (χ0n) is 11.7. The Bertz CT molecular complexity index is 622. The molecule has 2 aliphatic heterocycles. The summed E-state index contributed by atoms with van der Waals surface area (Å²) in [5.74, 6) is 0.0200. The molecular weight excluding hydrogens is 279 g/mol. The van der Waals surface area contributed by atoms with Gasteiger partial charge in [0.05, 0.1) is 4.90 Å². The zero-order chi connectivity index (χ0) is 14.5. The lowest BCUT2D eigenvalue weighted by atomic mass is 10.1. The third kappa shape index (κ3) is 2.06. The van der Waals surface area contributed by atoms with E-state index in [2.05, 4.69) is 5.32 Å². The lowest BCUT2D eigenvalue weighted by molar-refractivity contribution is 0.382. The first-order chi connectivity index (χ1) is 9.41. The molecule has 0 saturated carbocycles. The van der Waals surface area contributed by atoms with Gasteiger partial charge >= 0.3 is 0 Å². The summed E-state index contributed by atoms with van der Waals surface area (Å²) in [6.07, 6.45) is 0.899. The van der Waals surface area contributed by atoms with E-state index in [4.69, 9.17) is 0 Å². The van der Waals surface area contributed by atoms with Gasteiger partial charge in [-0.1, -0.05) is 0 Å². The van der Waals surface area contributed by atoms with Gasteiger partial charge in [0.15, 0.2) is 0 Å². The molecule has 3 rings (SSSR count). The zero-order valence-corrected chi connectivity index (χ0v) is 12.5. The Morgan fingerprint density at radius 1 is 1.25 bits per heavy atom. The molecule has 0 unspecified atom stereocenters. The molecule has 1 aromatic rings. The van der Waals surface area contributed by atoms with Crippen LogP contribution in [0.4, 0.5) is 4.39 Å². The average molecular weight is 298 g/mol. The predicted octanol–water partition coefficient (Wildman–Crippen LogP) is 1.42. The Hall–Kier alpha value is -0.980. The fraction of sp³-hybridized carbons (Fsp3) is 0.571. The van der Waals surface area contributed by atoms with E-state index in [0.29, 0.717) is 30.1 Å². The van der Waals surface area contributed by atoms with Gasteiger partial charge in [-0.05, 0) is 56.0 Å². The second-order valence-electron chi connectivity index (χ2n) is 5.76. The van der Waals surface area contributed by atoms with Crippen molar-refractivity contribution in [2.75, 3.05) is 19.6 Å². The Kier molecular flexibility index (Phi) is 3.35. The normalized spacial score (nSPS) is 26.9. The second kappa shape index (κ2) is 4.79. The molecule has 1 aromatic carbocycles. The van der Waals surface area contributed by atoms with Crippen molar-refractivity contribution in [3.63, 3.8) is 0 Å². The molecule has 6 heteroatoms. The van der Waals surface area contributed by atoms with Crippen molar-refractivity contribution in [2.45, 2.75) is 31.2 Å². The second-order valence-corrected chi connectivity index (χ2v) is 7.59. The van der Waals surface area contributed by atoms with Gasteiger partial charge in [0, 0.05) is 19.1 Å². The molecule has 2 saturated heterocycles. The van der Waals surface area contributed by atoms with Crippen LogP contribution < -0.4 is 5.32 Å². The van der Waals surface area contributed by atoms with Crippen LogP contribution >= 0.6 is 0 Å². The third-order valence-corrected chi connectivity index (χ3v) is 6.62. The van der Waals surface area contributed by atoms with E-state index in [1.54, 1.807) is 18.2 Å². The maximum atomic E-state index is 13.4. The Labute approximate surface area is 119 Å².